The summed E-state index contributed by atoms with van der Waals surface area (Å²) in [5, 5.41) is 72.7. The number of nitrogens with zero attached hydrogens (tertiary/aromatic N) is 3. The maximum atomic E-state index is 17.6. The van der Waals surface area contributed by atoms with Gasteiger partial charge in [-0.25, -0.2) is 0 Å². The molecule has 0 heterocycles. The molecule has 7 aromatic rings. The number of hydrogen-bond donors (Lipinski definition) is 6. The Balaban J connectivity index is 1.61. The Morgan fingerprint density at radius 3 is 0.453 bits per heavy atom. The minimum Gasteiger partial charge on any atom is -0.507 e. The number of rotatable bonds is 21. The standard InChI is InChI=1S/C105H153N3O9/c1-94(2,3)72-52-64(53-73(85(72)109)95(4,5)6)40-46-106(47-41-65-54-74(96(7,8)9)86(110)75(55-65)97(10,11)12)91(115)70-38-37-39-71(92(116)107(48-42-66-56-76(98(13,14)15)87(111)77(57-66)99(16,17)18)49-43-67-58-78(100(19,20)21)88(112)79(59-67)101(22,23)24)84(70)93(117)108(50-44-68-60-80(102(25,26)27)89(113)81(61-68)103(28,29)30)51-45-69-62-82(104(31,32)33)90(114)83(63-69)105(34,35)36/h37-39,52-63,109-114H,40-51H2,1-36H3. The van der Waals surface area contributed by atoms with E-state index in [1.54, 1.807) is 18.2 Å². The number of carbonyl (C=O) groups excluding carboxylic acids is 3. The molecule has 0 bridgehead atoms. The molecule has 6 N–H and O–H groups in total. The molecule has 0 aromatic heterocycles. The second kappa shape index (κ2) is 34.1. The first-order valence-corrected chi connectivity index (χ1v) is 43.1. The third-order valence-electron chi connectivity index (χ3n) is 23.3. The number of benzene rings is 7. The van der Waals surface area contributed by atoms with Crippen LogP contribution in [0.2, 0.25) is 0 Å². The van der Waals surface area contributed by atoms with E-state index in [9.17, 15) is 30.6 Å². The van der Waals surface area contributed by atoms with Crippen molar-refractivity contribution in [1.29, 1.82) is 0 Å². The summed E-state index contributed by atoms with van der Waals surface area (Å²) in [6.45, 7) is 76.2. The smallest absolute Gasteiger partial charge is 0.255 e. The van der Waals surface area contributed by atoms with Gasteiger partial charge in [-0.05, 0) is 216 Å². The molecule has 7 rings (SSSR count). The predicted molar refractivity (Wildman–Crippen MR) is 489 cm³/mol. The van der Waals surface area contributed by atoms with Crippen molar-refractivity contribution >= 4 is 17.7 Å². The van der Waals surface area contributed by atoms with Gasteiger partial charge >= 0.3 is 0 Å². The third-order valence-corrected chi connectivity index (χ3v) is 23.3. The lowest BCUT2D eigenvalue weighted by Gasteiger charge is -2.32. The molecule has 7 aromatic carbocycles. The van der Waals surface area contributed by atoms with Crippen LogP contribution in [-0.2, 0) is 104 Å². The lowest BCUT2D eigenvalue weighted by Crippen LogP contribution is -2.41. The second-order valence-corrected chi connectivity index (χ2v) is 46.3. The summed E-state index contributed by atoms with van der Waals surface area (Å²) in [6, 6.07) is 29.8. The molecule has 12 nitrogen and oxygen atoms in total. The Kier molecular flexibility index (Phi) is 27.9. The highest BCUT2D eigenvalue weighted by Gasteiger charge is 2.38. The number of aromatic hydroxyl groups is 6. The average molecular weight is 1600 g/mol. The van der Waals surface area contributed by atoms with Crippen LogP contribution in [0.5, 0.6) is 34.5 Å². The minimum atomic E-state index is -0.517. The molecule has 0 saturated heterocycles. The second-order valence-electron chi connectivity index (χ2n) is 46.3. The van der Waals surface area contributed by atoms with Crippen LogP contribution in [0.1, 0.15) is 380 Å². The third kappa shape index (κ3) is 23.2. The van der Waals surface area contributed by atoms with E-state index < -0.39 is 82.7 Å². The molecule has 0 unspecified atom stereocenters. The zero-order valence-corrected chi connectivity index (χ0v) is 79.4. The fraction of sp³-hybridized carbons (Fsp3) is 0.571. The van der Waals surface area contributed by atoms with Gasteiger partial charge in [0.15, 0.2) is 0 Å². The number of carbonyl (C=O) groups is 3. The van der Waals surface area contributed by atoms with Crippen LogP contribution in [0.3, 0.4) is 0 Å². The van der Waals surface area contributed by atoms with Crippen molar-refractivity contribution in [2.24, 2.45) is 0 Å². The summed E-state index contributed by atoms with van der Waals surface area (Å²) < 4.78 is 0. The molecule has 0 aliphatic heterocycles. The molecule has 0 fully saturated rings. The van der Waals surface area contributed by atoms with E-state index in [4.69, 9.17) is 0 Å². The fourth-order valence-corrected chi connectivity index (χ4v) is 16.1. The van der Waals surface area contributed by atoms with Crippen LogP contribution in [-0.4, -0.2) is 102 Å². The minimum absolute atomic E-state index is 0.0379. The van der Waals surface area contributed by atoms with Gasteiger partial charge in [0, 0.05) is 39.3 Å². The fourth-order valence-electron chi connectivity index (χ4n) is 16.1. The predicted octanol–water partition coefficient (Wildman–Crippen LogP) is 24.3. The maximum Gasteiger partial charge on any atom is 0.255 e. The largest absolute Gasteiger partial charge is 0.507 e. The van der Waals surface area contributed by atoms with Gasteiger partial charge in [-0.15, -0.1) is 0 Å². The summed E-state index contributed by atoms with van der Waals surface area (Å²) >= 11 is 0. The average Bonchev–Trinajstić information content (AvgIpc) is 0.852. The molecule has 117 heavy (non-hydrogen) atoms. The van der Waals surface area contributed by atoms with E-state index >= 15 is 14.4 Å². The van der Waals surface area contributed by atoms with E-state index in [1.807, 2.05) is 14.7 Å². The van der Waals surface area contributed by atoms with Gasteiger partial charge in [0.05, 0.1) is 16.7 Å². The van der Waals surface area contributed by atoms with E-state index in [0.29, 0.717) is 38.5 Å². The van der Waals surface area contributed by atoms with Crippen LogP contribution >= 0.6 is 0 Å². The highest BCUT2D eigenvalue weighted by Crippen LogP contribution is 2.47. The van der Waals surface area contributed by atoms with Crippen molar-refractivity contribution < 1.29 is 45.0 Å². The van der Waals surface area contributed by atoms with Gasteiger partial charge in [-0.2, -0.15) is 0 Å². The van der Waals surface area contributed by atoms with Crippen molar-refractivity contribution in [3.8, 4) is 34.5 Å². The molecular weight excluding hydrogens is 1450 g/mol. The van der Waals surface area contributed by atoms with Gasteiger partial charge in [0.25, 0.3) is 17.7 Å². The van der Waals surface area contributed by atoms with Gasteiger partial charge in [-0.1, -0.05) is 328 Å². The van der Waals surface area contributed by atoms with Crippen molar-refractivity contribution in [2.45, 2.75) is 353 Å². The Labute approximate surface area is 707 Å². The zero-order valence-electron chi connectivity index (χ0n) is 79.4. The van der Waals surface area contributed by atoms with Crippen molar-refractivity contribution in [1.82, 2.24) is 14.7 Å². The Morgan fingerprint density at radius 1 is 0.214 bits per heavy atom. The first kappa shape index (κ1) is 95.9. The zero-order chi connectivity index (χ0) is 89.1. The van der Waals surface area contributed by atoms with Crippen LogP contribution in [0.15, 0.2) is 91.0 Å². The van der Waals surface area contributed by atoms with Crippen LogP contribution in [0.4, 0.5) is 0 Å². The Hall–Kier alpha value is -8.25. The van der Waals surface area contributed by atoms with Gasteiger partial charge < -0.3 is 45.3 Å². The number of hydrogen-bond acceptors (Lipinski definition) is 9. The summed E-state index contributed by atoms with van der Waals surface area (Å²) in [6.07, 6.45) is 2.14. The first-order valence-electron chi connectivity index (χ1n) is 43.1. The first-order chi connectivity index (χ1) is 52.8. The lowest BCUT2D eigenvalue weighted by atomic mass is 9.78. The molecule has 0 saturated carbocycles. The summed E-state index contributed by atoms with van der Waals surface area (Å²) in [7, 11) is 0. The molecule has 0 aliphatic rings. The van der Waals surface area contributed by atoms with E-state index in [-0.39, 0.29) is 90.5 Å². The normalized spacial score (nSPS) is 13.3. The topological polar surface area (TPSA) is 182 Å². The lowest BCUT2D eigenvalue weighted by molar-refractivity contribution is 0.0702. The Bertz CT molecular complexity index is 4110. The van der Waals surface area contributed by atoms with Crippen LogP contribution in [0, 0.1) is 0 Å². The SMILES string of the molecule is CC(C)(C)c1cc(CCN(CCc2cc(C(C)(C)C)c(O)c(C(C)(C)C)c2)C(=O)c2cccc(C(=O)N(CCc3cc(C(C)(C)C)c(O)c(C(C)(C)C)c3)CCc3cc(C(C)(C)C)c(O)c(C(C)(C)C)c3)c2C(=O)N(CCc2cc(C(C)(C)C)c(O)c(C(C)(C)C)c2)CCc2cc(C(C)(C)C)c(O)c(C(C)(C)C)c2)cc(C(C)(C)C)c1O. The molecular formula is C105H153N3O9. The van der Waals surface area contributed by atoms with Crippen LogP contribution in [0.25, 0.3) is 0 Å². The molecule has 3 amide bonds. The molecule has 0 aliphatic carbocycles. The van der Waals surface area contributed by atoms with Crippen molar-refractivity contribution in [3.63, 3.8) is 0 Å². The molecule has 0 radical (unpaired) electrons. The van der Waals surface area contributed by atoms with E-state index in [2.05, 4.69) is 322 Å². The van der Waals surface area contributed by atoms with Gasteiger partial charge in [-0.3, -0.25) is 14.4 Å². The molecule has 12 heteroatoms. The summed E-state index contributed by atoms with van der Waals surface area (Å²) in [5.74, 6) is 0.0345. The van der Waals surface area contributed by atoms with Crippen LogP contribution < -0.4 is 0 Å². The summed E-state index contributed by atoms with van der Waals surface area (Å²) in [5.41, 5.74) is 9.53. The summed E-state index contributed by atoms with van der Waals surface area (Å²) in [4.78, 5) is 57.5. The quantitative estimate of drug-likeness (QED) is 0.0408. The van der Waals surface area contributed by atoms with E-state index in [0.717, 1.165) is 100 Å². The molecule has 642 valence electrons. The van der Waals surface area contributed by atoms with E-state index in [1.165, 1.54) is 0 Å². The maximum absolute atomic E-state index is 17.6. The van der Waals surface area contributed by atoms with Crippen molar-refractivity contribution in [3.05, 3.63) is 208 Å². The van der Waals surface area contributed by atoms with Crippen molar-refractivity contribution in [2.75, 3.05) is 39.3 Å². The number of phenolic OH excluding ortho intramolecular Hbond substituents is 6. The van der Waals surface area contributed by atoms with Gasteiger partial charge in [0.2, 0.25) is 0 Å². The molecule has 0 spiro atoms. The Morgan fingerprint density at radius 2 is 0.333 bits per heavy atom. The number of phenols is 6. The monoisotopic (exact) mass is 1600 g/mol. The highest BCUT2D eigenvalue weighted by atomic mass is 16.3. The number of amides is 3. The molecule has 0 atom stereocenters. The highest BCUT2D eigenvalue weighted by molar-refractivity contribution is 6.14. The van der Waals surface area contributed by atoms with Gasteiger partial charge in [0.1, 0.15) is 34.5 Å².